The Bertz CT molecular complexity index is 413. The number of fused-ring (bicyclic) bond motifs is 1. The standard InChI is InChI=1S/C9H8BNO3/c1-13-8-3-2-6-5-14-10(12)9(6)7(8)4-11/h2-3,12H,5H2,1H3. The molecule has 5 heteroatoms. The largest absolute Gasteiger partial charge is 0.495 e. The van der Waals surface area contributed by atoms with Crippen LogP contribution in [0.5, 0.6) is 5.75 Å². The van der Waals surface area contributed by atoms with Crippen LogP contribution < -0.4 is 10.2 Å². The molecule has 4 nitrogen and oxygen atoms in total. The Labute approximate surface area is 81.8 Å². The monoisotopic (exact) mass is 189 g/mol. The second kappa shape index (κ2) is 3.33. The van der Waals surface area contributed by atoms with E-state index in [1.807, 2.05) is 6.07 Å². The molecule has 0 aliphatic carbocycles. The average Bonchev–Trinajstić information content (AvgIpc) is 2.59. The Morgan fingerprint density at radius 2 is 2.43 bits per heavy atom. The van der Waals surface area contributed by atoms with Gasteiger partial charge >= 0.3 is 7.12 Å². The van der Waals surface area contributed by atoms with Crippen molar-refractivity contribution < 1.29 is 14.4 Å². The van der Waals surface area contributed by atoms with Gasteiger partial charge in [0.15, 0.2) is 0 Å². The third-order valence-electron chi connectivity index (χ3n) is 2.27. The lowest BCUT2D eigenvalue weighted by Gasteiger charge is -2.06. The quantitative estimate of drug-likeness (QED) is 0.620. The molecule has 1 heterocycles. The van der Waals surface area contributed by atoms with E-state index in [4.69, 9.17) is 14.7 Å². The number of benzene rings is 1. The lowest BCUT2D eigenvalue weighted by Crippen LogP contribution is -2.31. The van der Waals surface area contributed by atoms with Gasteiger partial charge in [0.1, 0.15) is 11.8 Å². The summed E-state index contributed by atoms with van der Waals surface area (Å²) >= 11 is 0. The molecular formula is C9H8BNO3. The van der Waals surface area contributed by atoms with E-state index in [9.17, 15) is 5.02 Å². The van der Waals surface area contributed by atoms with Gasteiger partial charge in [-0.2, -0.15) is 5.26 Å². The minimum Gasteiger partial charge on any atom is -0.495 e. The number of ether oxygens (including phenoxy) is 1. The van der Waals surface area contributed by atoms with Crippen LogP contribution in [0.3, 0.4) is 0 Å². The maximum absolute atomic E-state index is 9.48. The van der Waals surface area contributed by atoms with Gasteiger partial charge in [-0.3, -0.25) is 0 Å². The molecule has 0 bridgehead atoms. The van der Waals surface area contributed by atoms with Gasteiger partial charge in [0.2, 0.25) is 0 Å². The highest BCUT2D eigenvalue weighted by Crippen LogP contribution is 2.21. The first-order valence-corrected chi connectivity index (χ1v) is 4.17. The van der Waals surface area contributed by atoms with Crippen LogP contribution in [0.25, 0.3) is 0 Å². The first-order chi connectivity index (χ1) is 6.77. The predicted molar refractivity (Wildman–Crippen MR) is 50.1 cm³/mol. The van der Waals surface area contributed by atoms with E-state index < -0.39 is 7.12 Å². The normalized spacial score (nSPS) is 13.6. The number of hydrogen-bond acceptors (Lipinski definition) is 4. The third kappa shape index (κ3) is 1.17. The molecule has 2 rings (SSSR count). The summed E-state index contributed by atoms with van der Waals surface area (Å²) in [7, 11) is 0.486. The van der Waals surface area contributed by atoms with E-state index in [1.165, 1.54) is 7.11 Å². The summed E-state index contributed by atoms with van der Waals surface area (Å²) in [6, 6.07) is 5.52. The molecule has 0 spiro atoms. The highest BCUT2D eigenvalue weighted by Gasteiger charge is 2.31. The van der Waals surface area contributed by atoms with E-state index in [0.29, 0.717) is 23.4 Å². The summed E-state index contributed by atoms with van der Waals surface area (Å²) in [6.07, 6.45) is 0. The molecule has 0 amide bonds. The van der Waals surface area contributed by atoms with Crippen molar-refractivity contribution in [3.63, 3.8) is 0 Å². The number of nitriles is 1. The highest BCUT2D eigenvalue weighted by atomic mass is 16.5. The maximum atomic E-state index is 9.48. The minimum atomic E-state index is -1.00. The number of rotatable bonds is 1. The molecule has 0 unspecified atom stereocenters. The van der Waals surface area contributed by atoms with E-state index in [2.05, 4.69) is 0 Å². The molecule has 0 radical (unpaired) electrons. The van der Waals surface area contributed by atoms with Gasteiger partial charge in [-0.15, -0.1) is 0 Å². The molecule has 0 saturated carbocycles. The summed E-state index contributed by atoms with van der Waals surface area (Å²) in [5.74, 6) is 0.468. The maximum Gasteiger partial charge on any atom is 0.493 e. The van der Waals surface area contributed by atoms with E-state index >= 15 is 0 Å². The van der Waals surface area contributed by atoms with Crippen LogP contribution in [0.1, 0.15) is 11.1 Å². The Kier molecular flexibility index (Phi) is 2.16. The van der Waals surface area contributed by atoms with Crippen LogP contribution in [0.15, 0.2) is 12.1 Å². The molecule has 14 heavy (non-hydrogen) atoms. The van der Waals surface area contributed by atoms with Crippen LogP contribution in [0, 0.1) is 11.3 Å². The lowest BCUT2D eigenvalue weighted by molar-refractivity contribution is 0.275. The van der Waals surface area contributed by atoms with Crippen LogP contribution in [-0.4, -0.2) is 19.3 Å². The van der Waals surface area contributed by atoms with Crippen LogP contribution in [0.2, 0.25) is 0 Å². The summed E-state index contributed by atoms with van der Waals surface area (Å²) in [5, 5.41) is 18.4. The fourth-order valence-electron chi connectivity index (χ4n) is 1.59. The molecule has 1 aliphatic rings. The SMILES string of the molecule is COc1ccc2c(c1C#N)B(O)OC2. The summed E-state index contributed by atoms with van der Waals surface area (Å²) < 4.78 is 10.0. The molecule has 0 aromatic heterocycles. The van der Waals surface area contributed by atoms with Crippen LogP contribution in [0.4, 0.5) is 0 Å². The number of nitrogens with zero attached hydrogens (tertiary/aromatic N) is 1. The van der Waals surface area contributed by atoms with Crippen molar-refractivity contribution in [3.05, 3.63) is 23.3 Å². The van der Waals surface area contributed by atoms with Crippen molar-refractivity contribution in [1.29, 1.82) is 5.26 Å². The van der Waals surface area contributed by atoms with Gasteiger partial charge in [0.05, 0.1) is 19.3 Å². The van der Waals surface area contributed by atoms with Crippen molar-refractivity contribution in [1.82, 2.24) is 0 Å². The van der Waals surface area contributed by atoms with Crippen molar-refractivity contribution in [2.24, 2.45) is 0 Å². The van der Waals surface area contributed by atoms with E-state index in [1.54, 1.807) is 12.1 Å². The minimum absolute atomic E-state index is 0.342. The Morgan fingerprint density at radius 3 is 3.07 bits per heavy atom. The first kappa shape index (κ1) is 9.07. The van der Waals surface area contributed by atoms with E-state index in [-0.39, 0.29) is 0 Å². The van der Waals surface area contributed by atoms with Crippen molar-refractivity contribution in [2.75, 3.05) is 7.11 Å². The molecule has 1 aliphatic heterocycles. The summed E-state index contributed by atoms with van der Waals surface area (Å²) in [4.78, 5) is 0. The van der Waals surface area contributed by atoms with Crippen LogP contribution in [-0.2, 0) is 11.3 Å². The predicted octanol–water partition coefficient (Wildman–Crippen LogP) is -0.215. The fourth-order valence-corrected chi connectivity index (χ4v) is 1.59. The first-order valence-electron chi connectivity index (χ1n) is 4.17. The third-order valence-corrected chi connectivity index (χ3v) is 2.27. The second-order valence-corrected chi connectivity index (χ2v) is 2.99. The Hall–Kier alpha value is -1.51. The molecule has 1 N–H and O–H groups in total. The Morgan fingerprint density at radius 1 is 1.64 bits per heavy atom. The van der Waals surface area contributed by atoms with Gasteiger partial charge in [0.25, 0.3) is 0 Å². The summed E-state index contributed by atoms with van der Waals surface area (Å²) in [5.41, 5.74) is 1.73. The van der Waals surface area contributed by atoms with Crippen LogP contribution >= 0.6 is 0 Å². The second-order valence-electron chi connectivity index (χ2n) is 2.99. The lowest BCUT2D eigenvalue weighted by atomic mass is 9.76. The number of methoxy groups -OCH3 is 1. The van der Waals surface area contributed by atoms with Gasteiger partial charge in [-0.05, 0) is 11.6 Å². The highest BCUT2D eigenvalue weighted by molar-refractivity contribution is 6.62. The van der Waals surface area contributed by atoms with Gasteiger partial charge < -0.3 is 14.4 Å². The molecule has 0 atom stereocenters. The molecule has 1 aromatic rings. The van der Waals surface area contributed by atoms with Gasteiger partial charge in [-0.1, -0.05) is 6.07 Å². The molecule has 0 fully saturated rings. The molecule has 0 saturated heterocycles. The molecule has 1 aromatic carbocycles. The van der Waals surface area contributed by atoms with Crippen molar-refractivity contribution in [3.8, 4) is 11.8 Å². The molecule has 70 valence electrons. The fraction of sp³-hybridized carbons (Fsp3) is 0.222. The zero-order valence-corrected chi connectivity index (χ0v) is 7.65. The summed E-state index contributed by atoms with van der Waals surface area (Å²) in [6.45, 7) is 0.342. The number of hydrogen-bond donors (Lipinski definition) is 1. The molecular weight excluding hydrogens is 181 g/mol. The van der Waals surface area contributed by atoms with Gasteiger partial charge in [0, 0.05) is 5.46 Å². The topological polar surface area (TPSA) is 62.5 Å². The zero-order valence-electron chi connectivity index (χ0n) is 7.65. The van der Waals surface area contributed by atoms with Crippen molar-refractivity contribution >= 4 is 12.6 Å². The van der Waals surface area contributed by atoms with Gasteiger partial charge in [-0.25, -0.2) is 0 Å². The van der Waals surface area contributed by atoms with Crippen molar-refractivity contribution in [2.45, 2.75) is 6.61 Å². The average molecular weight is 189 g/mol. The smallest absolute Gasteiger partial charge is 0.493 e. The van der Waals surface area contributed by atoms with E-state index in [0.717, 1.165) is 5.56 Å². The Balaban J connectivity index is 2.64. The zero-order chi connectivity index (χ0) is 10.1.